The molecule has 0 spiro atoms. The second kappa shape index (κ2) is 6.08. The van der Waals surface area contributed by atoms with E-state index >= 15 is 0 Å². The van der Waals surface area contributed by atoms with Gasteiger partial charge < -0.3 is 20.2 Å². The molecule has 3 heterocycles. The zero-order valence-electron chi connectivity index (χ0n) is 13.1. The van der Waals surface area contributed by atoms with E-state index in [1.165, 1.54) is 4.90 Å². The smallest absolute Gasteiger partial charge is 0.407 e. The summed E-state index contributed by atoms with van der Waals surface area (Å²) in [5.41, 5.74) is 1.93. The maximum atomic E-state index is 11.1. The fraction of sp³-hybridized carbons (Fsp3) is 0.667. The summed E-state index contributed by atoms with van der Waals surface area (Å²) in [6, 6.07) is 0.408. The molecule has 7 heteroatoms. The molecular formula is C15H23N5O2. The summed E-state index contributed by atoms with van der Waals surface area (Å²) in [6.07, 6.45) is 2.51. The van der Waals surface area contributed by atoms with Crippen molar-refractivity contribution in [2.24, 2.45) is 5.92 Å². The lowest BCUT2D eigenvalue weighted by Crippen LogP contribution is -2.50. The van der Waals surface area contributed by atoms with Crippen molar-refractivity contribution in [3.63, 3.8) is 0 Å². The molecule has 0 radical (unpaired) electrons. The quantitative estimate of drug-likeness (QED) is 0.846. The van der Waals surface area contributed by atoms with Gasteiger partial charge in [-0.15, -0.1) is 0 Å². The van der Waals surface area contributed by atoms with Crippen molar-refractivity contribution in [2.75, 3.05) is 31.6 Å². The minimum absolute atomic E-state index is 0.354. The number of hydrogen-bond donors (Lipinski definition) is 2. The van der Waals surface area contributed by atoms with Crippen molar-refractivity contribution in [2.45, 2.75) is 32.4 Å². The zero-order chi connectivity index (χ0) is 15.7. The van der Waals surface area contributed by atoms with E-state index in [0.717, 1.165) is 36.6 Å². The lowest BCUT2D eigenvalue weighted by Gasteiger charge is -2.39. The Labute approximate surface area is 130 Å². The number of carboxylic acid groups (broad SMARTS) is 1. The van der Waals surface area contributed by atoms with Gasteiger partial charge in [-0.05, 0) is 25.3 Å². The zero-order valence-corrected chi connectivity index (χ0v) is 13.1. The molecule has 0 saturated carbocycles. The second-order valence-electron chi connectivity index (χ2n) is 6.22. The molecule has 2 aliphatic heterocycles. The fourth-order valence-corrected chi connectivity index (χ4v) is 3.45. The first-order valence-electron chi connectivity index (χ1n) is 7.82. The first-order chi connectivity index (χ1) is 10.6. The first-order valence-corrected chi connectivity index (χ1v) is 7.82. The van der Waals surface area contributed by atoms with Crippen LogP contribution in [0.4, 0.5) is 10.6 Å². The lowest BCUT2D eigenvalue weighted by atomic mass is 9.93. The molecule has 7 nitrogen and oxygen atoms in total. The van der Waals surface area contributed by atoms with Gasteiger partial charge in [-0.2, -0.15) is 0 Å². The van der Waals surface area contributed by atoms with Crippen LogP contribution in [-0.4, -0.2) is 58.8 Å². The highest BCUT2D eigenvalue weighted by molar-refractivity contribution is 5.66. The molecule has 1 amide bonds. The highest BCUT2D eigenvalue weighted by atomic mass is 16.4. The standard InChI is InChI=1S/C15H23N5O2/c1-10-3-5-16-7-13(10)19(2)14-11-4-6-20(15(21)22)8-12(11)17-9-18-14/h9-10,13,16H,3-8H2,1-2H3,(H,21,22)/t10-,13+/m1/s1. The van der Waals surface area contributed by atoms with Crippen LogP contribution in [0.5, 0.6) is 0 Å². The summed E-state index contributed by atoms with van der Waals surface area (Å²) in [5, 5.41) is 12.6. The van der Waals surface area contributed by atoms with Gasteiger partial charge in [-0.1, -0.05) is 6.92 Å². The van der Waals surface area contributed by atoms with Gasteiger partial charge in [0.05, 0.1) is 12.2 Å². The van der Waals surface area contributed by atoms with E-state index < -0.39 is 6.09 Å². The Morgan fingerprint density at radius 1 is 1.50 bits per heavy atom. The molecule has 1 aromatic rings. The monoisotopic (exact) mass is 305 g/mol. The maximum absolute atomic E-state index is 11.1. The highest BCUT2D eigenvalue weighted by Crippen LogP contribution is 2.28. The summed E-state index contributed by atoms with van der Waals surface area (Å²) in [5.74, 6) is 1.56. The Morgan fingerprint density at radius 2 is 2.32 bits per heavy atom. The highest BCUT2D eigenvalue weighted by Gasteiger charge is 2.30. The Hall–Kier alpha value is -1.89. The molecule has 2 atom stereocenters. The van der Waals surface area contributed by atoms with Crippen LogP contribution in [0.25, 0.3) is 0 Å². The molecule has 120 valence electrons. The molecule has 1 saturated heterocycles. The van der Waals surface area contributed by atoms with Gasteiger partial charge >= 0.3 is 6.09 Å². The Kier molecular flexibility index (Phi) is 4.15. The molecule has 1 fully saturated rings. The third-order valence-corrected chi connectivity index (χ3v) is 4.87. The summed E-state index contributed by atoms with van der Waals surface area (Å²) >= 11 is 0. The number of aromatic nitrogens is 2. The average molecular weight is 305 g/mol. The molecule has 0 unspecified atom stereocenters. The number of amides is 1. The number of piperidine rings is 1. The van der Waals surface area contributed by atoms with Crippen molar-refractivity contribution >= 4 is 11.9 Å². The van der Waals surface area contributed by atoms with Gasteiger partial charge in [-0.25, -0.2) is 14.8 Å². The van der Waals surface area contributed by atoms with Gasteiger partial charge in [0.1, 0.15) is 12.1 Å². The molecule has 3 rings (SSSR count). The molecule has 1 aromatic heterocycles. The molecule has 0 aromatic carbocycles. The van der Waals surface area contributed by atoms with Crippen LogP contribution in [-0.2, 0) is 13.0 Å². The van der Waals surface area contributed by atoms with Crippen LogP contribution >= 0.6 is 0 Å². The fourth-order valence-electron chi connectivity index (χ4n) is 3.45. The Morgan fingerprint density at radius 3 is 3.05 bits per heavy atom. The maximum Gasteiger partial charge on any atom is 0.407 e. The summed E-state index contributed by atoms with van der Waals surface area (Å²) < 4.78 is 0. The second-order valence-corrected chi connectivity index (χ2v) is 6.22. The summed E-state index contributed by atoms with van der Waals surface area (Å²) in [6.45, 7) is 5.17. The van der Waals surface area contributed by atoms with Crippen LogP contribution in [0, 0.1) is 5.92 Å². The van der Waals surface area contributed by atoms with E-state index in [1.807, 2.05) is 0 Å². The van der Waals surface area contributed by atoms with Gasteiger partial charge in [0.15, 0.2) is 0 Å². The molecule has 0 bridgehead atoms. The molecule has 2 aliphatic rings. The Balaban J connectivity index is 1.86. The van der Waals surface area contributed by atoms with E-state index in [1.54, 1.807) is 6.33 Å². The van der Waals surface area contributed by atoms with Gasteiger partial charge in [0, 0.05) is 31.7 Å². The van der Waals surface area contributed by atoms with Crippen LogP contribution in [0.1, 0.15) is 24.6 Å². The number of likely N-dealkylation sites (N-methyl/N-ethyl adjacent to an activating group) is 1. The summed E-state index contributed by atoms with van der Waals surface area (Å²) in [7, 11) is 2.08. The summed E-state index contributed by atoms with van der Waals surface area (Å²) in [4.78, 5) is 23.6. The minimum Gasteiger partial charge on any atom is -0.465 e. The normalized spacial score (nSPS) is 24.7. The number of nitrogens with one attached hydrogen (secondary N) is 1. The van der Waals surface area contributed by atoms with Crippen molar-refractivity contribution < 1.29 is 9.90 Å². The number of rotatable bonds is 2. The van der Waals surface area contributed by atoms with Crippen molar-refractivity contribution in [1.29, 1.82) is 0 Å². The SMILES string of the molecule is C[C@@H]1CCNC[C@@H]1N(C)c1ncnc2c1CCN(C(=O)O)C2. The van der Waals surface area contributed by atoms with E-state index in [9.17, 15) is 4.79 Å². The van der Waals surface area contributed by atoms with Crippen LogP contribution < -0.4 is 10.2 Å². The molecule has 22 heavy (non-hydrogen) atoms. The van der Waals surface area contributed by atoms with E-state index in [4.69, 9.17) is 5.11 Å². The third kappa shape index (κ3) is 2.72. The van der Waals surface area contributed by atoms with Gasteiger partial charge in [0.25, 0.3) is 0 Å². The van der Waals surface area contributed by atoms with Crippen molar-refractivity contribution in [1.82, 2.24) is 20.2 Å². The number of nitrogens with zero attached hydrogens (tertiary/aromatic N) is 4. The van der Waals surface area contributed by atoms with Gasteiger partial charge in [-0.3, -0.25) is 0 Å². The van der Waals surface area contributed by atoms with E-state index in [2.05, 4.69) is 34.2 Å². The predicted molar refractivity (Wildman–Crippen MR) is 83.0 cm³/mol. The minimum atomic E-state index is -0.885. The van der Waals surface area contributed by atoms with Crippen LogP contribution in [0.3, 0.4) is 0 Å². The topological polar surface area (TPSA) is 81.6 Å². The van der Waals surface area contributed by atoms with Crippen LogP contribution in [0.2, 0.25) is 0 Å². The first kappa shape index (κ1) is 15.0. The number of carbonyl (C=O) groups is 1. The van der Waals surface area contributed by atoms with E-state index in [-0.39, 0.29) is 0 Å². The number of anilines is 1. The molecular weight excluding hydrogens is 282 g/mol. The Bertz CT molecular complexity index is 565. The largest absolute Gasteiger partial charge is 0.465 e. The predicted octanol–water partition coefficient (Wildman–Crippen LogP) is 0.947. The van der Waals surface area contributed by atoms with Gasteiger partial charge in [0.2, 0.25) is 0 Å². The van der Waals surface area contributed by atoms with Crippen LogP contribution in [0.15, 0.2) is 6.33 Å². The van der Waals surface area contributed by atoms with E-state index in [0.29, 0.717) is 31.5 Å². The molecule has 2 N–H and O–H groups in total. The average Bonchev–Trinajstić information content (AvgIpc) is 2.53. The number of hydrogen-bond acceptors (Lipinski definition) is 5. The lowest BCUT2D eigenvalue weighted by molar-refractivity contribution is 0.139. The van der Waals surface area contributed by atoms with Crippen molar-refractivity contribution in [3.05, 3.63) is 17.6 Å². The number of fused-ring (bicyclic) bond motifs is 1. The molecule has 0 aliphatic carbocycles. The third-order valence-electron chi connectivity index (χ3n) is 4.87. The van der Waals surface area contributed by atoms with Crippen molar-refractivity contribution in [3.8, 4) is 0 Å².